The van der Waals surface area contributed by atoms with Crippen molar-refractivity contribution in [3.8, 4) is 0 Å². The summed E-state index contributed by atoms with van der Waals surface area (Å²) in [7, 11) is -8.28. The van der Waals surface area contributed by atoms with Crippen molar-refractivity contribution in [3.63, 3.8) is 0 Å². The Morgan fingerprint density at radius 2 is 1.61 bits per heavy atom. The number of hydrogen-bond donors (Lipinski definition) is 0. The van der Waals surface area contributed by atoms with Crippen molar-refractivity contribution in [3.05, 3.63) is 65.6 Å². The van der Waals surface area contributed by atoms with Crippen LogP contribution in [0.3, 0.4) is 0 Å². The van der Waals surface area contributed by atoms with Crippen LogP contribution in [-0.4, -0.2) is 23.6 Å². The molecule has 6 nitrogen and oxygen atoms in total. The first-order valence-corrected chi connectivity index (χ1v) is 9.24. The molecule has 126 valence electrons. The third-order valence-corrected chi connectivity index (χ3v) is 5.03. The van der Waals surface area contributed by atoms with Gasteiger partial charge in [-0.3, -0.25) is 0 Å². The molecule has 0 unspecified atom stereocenters. The van der Waals surface area contributed by atoms with Gasteiger partial charge in [-0.05, 0) is 32.1 Å². The Morgan fingerprint density at radius 1 is 1.04 bits per heavy atom. The summed E-state index contributed by atoms with van der Waals surface area (Å²) in [6.07, 6.45) is 2.64. The predicted molar refractivity (Wildman–Crippen MR) is 87.4 cm³/mol. The van der Waals surface area contributed by atoms with Crippen LogP contribution in [0.5, 0.6) is 0 Å². The Labute approximate surface area is 137 Å². The van der Waals surface area contributed by atoms with Crippen molar-refractivity contribution in [2.45, 2.75) is 18.7 Å². The minimum absolute atomic E-state index is 0.0925. The van der Waals surface area contributed by atoms with Gasteiger partial charge in [0.15, 0.2) is 6.79 Å². The Balaban J connectivity index is 2.70. The Hall–Kier alpha value is -1.74. The summed E-state index contributed by atoms with van der Waals surface area (Å²) in [6, 6.07) is 5.90. The standard InChI is InChI=1S/C15H18O6S2/c1-12(2)5-8-14(4)22(16,17)20-11-21-23(18,19)15-9-6-13(3)7-10-15/h5-10H,1,4,11H2,2-3H3/b8-5-. The van der Waals surface area contributed by atoms with Crippen LogP contribution in [0, 0.1) is 6.92 Å². The predicted octanol–water partition coefficient (Wildman–Crippen LogP) is 2.65. The van der Waals surface area contributed by atoms with Gasteiger partial charge in [0.25, 0.3) is 20.2 Å². The van der Waals surface area contributed by atoms with Crippen LogP contribution in [0.25, 0.3) is 0 Å². The van der Waals surface area contributed by atoms with Crippen LogP contribution in [0.4, 0.5) is 0 Å². The molecule has 0 atom stereocenters. The zero-order chi connectivity index (χ0) is 17.7. The average molecular weight is 358 g/mol. The third kappa shape index (κ3) is 6.11. The van der Waals surface area contributed by atoms with Crippen molar-refractivity contribution in [2.24, 2.45) is 0 Å². The number of allylic oxidation sites excluding steroid dienone is 3. The van der Waals surface area contributed by atoms with Crippen LogP contribution in [0.15, 0.2) is 64.9 Å². The Bertz CT molecular complexity index is 815. The molecule has 0 amide bonds. The van der Waals surface area contributed by atoms with Crippen LogP contribution in [0.1, 0.15) is 12.5 Å². The molecule has 0 bridgehead atoms. The van der Waals surface area contributed by atoms with E-state index in [9.17, 15) is 16.8 Å². The fraction of sp³-hybridized carbons (Fsp3) is 0.200. The van der Waals surface area contributed by atoms with Gasteiger partial charge in [-0.2, -0.15) is 16.8 Å². The lowest BCUT2D eigenvalue weighted by Gasteiger charge is -2.07. The van der Waals surface area contributed by atoms with Crippen LogP contribution < -0.4 is 0 Å². The minimum Gasteiger partial charge on any atom is -0.236 e. The molecule has 0 saturated heterocycles. The first-order valence-electron chi connectivity index (χ1n) is 6.42. The molecule has 8 heteroatoms. The normalized spacial score (nSPS) is 12.4. The van der Waals surface area contributed by atoms with Gasteiger partial charge in [0, 0.05) is 0 Å². The van der Waals surface area contributed by atoms with E-state index in [0.29, 0.717) is 5.57 Å². The lowest BCUT2D eigenvalue weighted by molar-refractivity contribution is 0.134. The van der Waals surface area contributed by atoms with Gasteiger partial charge in [0.05, 0.1) is 9.80 Å². The fourth-order valence-corrected chi connectivity index (χ4v) is 2.72. The number of hydrogen-bond acceptors (Lipinski definition) is 6. The number of aryl methyl sites for hydroxylation is 1. The summed E-state index contributed by atoms with van der Waals surface area (Å²) in [4.78, 5) is -0.429. The highest BCUT2D eigenvalue weighted by molar-refractivity contribution is 7.91. The summed E-state index contributed by atoms with van der Waals surface area (Å²) in [5, 5.41) is 0. The second-order valence-corrected chi connectivity index (χ2v) is 8.00. The first-order chi connectivity index (χ1) is 10.5. The monoisotopic (exact) mass is 358 g/mol. The molecule has 0 fully saturated rings. The molecule has 0 aromatic heterocycles. The molecule has 1 aromatic carbocycles. The highest BCUT2D eigenvalue weighted by Crippen LogP contribution is 2.15. The maximum atomic E-state index is 11.9. The van der Waals surface area contributed by atoms with Crippen molar-refractivity contribution in [1.82, 2.24) is 0 Å². The van der Waals surface area contributed by atoms with Gasteiger partial charge in [0.1, 0.15) is 0 Å². The summed E-state index contributed by atoms with van der Waals surface area (Å²) in [6.45, 7) is 9.42. The van der Waals surface area contributed by atoms with Gasteiger partial charge in [-0.15, -0.1) is 0 Å². The molecule has 0 aliphatic rings. The first kappa shape index (κ1) is 19.3. The molecule has 0 spiro atoms. The molecule has 0 N–H and O–H groups in total. The van der Waals surface area contributed by atoms with Crippen molar-refractivity contribution >= 4 is 20.2 Å². The molecule has 1 aromatic rings. The Morgan fingerprint density at radius 3 is 2.13 bits per heavy atom. The largest absolute Gasteiger partial charge is 0.299 e. The smallest absolute Gasteiger partial charge is 0.236 e. The van der Waals surface area contributed by atoms with Gasteiger partial charge >= 0.3 is 0 Å². The van der Waals surface area contributed by atoms with E-state index in [-0.39, 0.29) is 9.80 Å². The summed E-state index contributed by atoms with van der Waals surface area (Å²) < 4.78 is 56.3. The lowest BCUT2D eigenvalue weighted by atomic mass is 10.2. The van der Waals surface area contributed by atoms with E-state index in [2.05, 4.69) is 21.5 Å². The molecular weight excluding hydrogens is 340 g/mol. The molecule has 0 aliphatic heterocycles. The molecule has 0 radical (unpaired) electrons. The summed E-state index contributed by atoms with van der Waals surface area (Å²) in [5.74, 6) is 0. The van der Waals surface area contributed by atoms with Gasteiger partial charge < -0.3 is 0 Å². The lowest BCUT2D eigenvalue weighted by Crippen LogP contribution is -2.14. The highest BCUT2D eigenvalue weighted by Gasteiger charge is 2.19. The zero-order valence-electron chi connectivity index (χ0n) is 12.9. The van der Waals surface area contributed by atoms with Gasteiger partial charge in [-0.25, -0.2) is 8.37 Å². The second kappa shape index (κ2) is 7.69. The summed E-state index contributed by atoms with van der Waals surface area (Å²) in [5.41, 5.74) is 1.50. The van der Waals surface area contributed by atoms with E-state index in [1.165, 1.54) is 24.3 Å². The zero-order valence-corrected chi connectivity index (χ0v) is 14.5. The maximum Gasteiger partial charge on any atom is 0.299 e. The van der Waals surface area contributed by atoms with Crippen molar-refractivity contribution in [1.29, 1.82) is 0 Å². The third-order valence-electron chi connectivity index (χ3n) is 2.59. The van der Waals surface area contributed by atoms with E-state index < -0.39 is 27.0 Å². The topological polar surface area (TPSA) is 86.7 Å². The minimum atomic E-state index is -4.18. The fourth-order valence-electron chi connectivity index (χ4n) is 1.31. The highest BCUT2D eigenvalue weighted by atomic mass is 32.2. The van der Waals surface area contributed by atoms with Gasteiger partial charge in [0.2, 0.25) is 0 Å². The average Bonchev–Trinajstić information content (AvgIpc) is 2.44. The van der Waals surface area contributed by atoms with E-state index in [4.69, 9.17) is 0 Å². The van der Waals surface area contributed by atoms with Crippen molar-refractivity contribution < 1.29 is 25.2 Å². The van der Waals surface area contributed by atoms with Gasteiger partial charge in [-0.1, -0.05) is 42.5 Å². The molecule has 1 rings (SSSR count). The SMILES string of the molecule is C=C(C)/C=C\C(=C)S(=O)(=O)OCOS(=O)(=O)c1ccc(C)cc1. The molecule has 0 saturated carbocycles. The van der Waals surface area contributed by atoms with Crippen LogP contribution in [0.2, 0.25) is 0 Å². The number of benzene rings is 1. The quantitative estimate of drug-likeness (QED) is 0.403. The molecule has 0 heterocycles. The van der Waals surface area contributed by atoms with Crippen LogP contribution >= 0.6 is 0 Å². The van der Waals surface area contributed by atoms with E-state index in [1.807, 2.05) is 0 Å². The molecule has 23 heavy (non-hydrogen) atoms. The van der Waals surface area contributed by atoms with E-state index in [1.54, 1.807) is 26.0 Å². The summed E-state index contributed by atoms with van der Waals surface area (Å²) >= 11 is 0. The van der Waals surface area contributed by atoms with Crippen LogP contribution in [-0.2, 0) is 28.6 Å². The molecular formula is C15H18O6S2. The molecule has 0 aliphatic carbocycles. The van der Waals surface area contributed by atoms with Crippen molar-refractivity contribution in [2.75, 3.05) is 6.79 Å². The maximum absolute atomic E-state index is 11.9. The van der Waals surface area contributed by atoms with E-state index in [0.717, 1.165) is 5.56 Å². The number of rotatable bonds is 8. The van der Waals surface area contributed by atoms with E-state index >= 15 is 0 Å². The Kier molecular flexibility index (Phi) is 6.46. The second-order valence-electron chi connectivity index (χ2n) is 4.72.